The summed E-state index contributed by atoms with van der Waals surface area (Å²) < 4.78 is 0. The first kappa shape index (κ1) is 11.9. The van der Waals surface area contributed by atoms with Gasteiger partial charge in [-0.2, -0.15) is 0 Å². The quantitative estimate of drug-likeness (QED) is 0.766. The average Bonchev–Trinajstić information content (AvgIpc) is 2.97. The maximum atomic E-state index is 12.3. The highest BCUT2D eigenvalue weighted by atomic mass is 16.2. The van der Waals surface area contributed by atoms with E-state index in [4.69, 9.17) is 0 Å². The van der Waals surface area contributed by atoms with E-state index >= 15 is 0 Å². The van der Waals surface area contributed by atoms with Crippen LogP contribution in [0.15, 0.2) is 0 Å². The molecule has 1 aliphatic carbocycles. The highest BCUT2D eigenvalue weighted by Gasteiger charge is 2.44. The number of hydrogen-bond donors (Lipinski definition) is 2. The molecular formula is C13H24N2O. The molecule has 0 spiro atoms. The van der Waals surface area contributed by atoms with Gasteiger partial charge in [0.15, 0.2) is 0 Å². The maximum absolute atomic E-state index is 12.3. The SMILES string of the molecule is CC1(NC(=O)C(C)(C)C2CCCNC2)CC1. The van der Waals surface area contributed by atoms with Crippen molar-refractivity contribution in [2.75, 3.05) is 13.1 Å². The van der Waals surface area contributed by atoms with Crippen molar-refractivity contribution in [3.8, 4) is 0 Å². The predicted molar refractivity (Wildman–Crippen MR) is 65.2 cm³/mol. The van der Waals surface area contributed by atoms with Crippen molar-refractivity contribution in [3.63, 3.8) is 0 Å². The van der Waals surface area contributed by atoms with Crippen molar-refractivity contribution < 1.29 is 4.79 Å². The van der Waals surface area contributed by atoms with Crippen molar-refractivity contribution in [1.82, 2.24) is 10.6 Å². The van der Waals surface area contributed by atoms with E-state index in [0.717, 1.165) is 25.9 Å². The van der Waals surface area contributed by atoms with Gasteiger partial charge in [0.2, 0.25) is 5.91 Å². The van der Waals surface area contributed by atoms with Crippen LogP contribution >= 0.6 is 0 Å². The Balaban J connectivity index is 1.96. The number of carbonyl (C=O) groups excluding carboxylic acids is 1. The van der Waals surface area contributed by atoms with E-state index in [0.29, 0.717) is 5.92 Å². The molecule has 1 atom stereocenters. The summed E-state index contributed by atoms with van der Waals surface area (Å²) in [5.41, 5.74) is -0.129. The van der Waals surface area contributed by atoms with Gasteiger partial charge in [-0.1, -0.05) is 13.8 Å². The molecule has 92 valence electrons. The summed E-state index contributed by atoms with van der Waals surface area (Å²) in [7, 11) is 0. The van der Waals surface area contributed by atoms with E-state index < -0.39 is 0 Å². The fraction of sp³-hybridized carbons (Fsp3) is 0.923. The summed E-state index contributed by atoms with van der Waals surface area (Å²) in [5.74, 6) is 0.713. The van der Waals surface area contributed by atoms with E-state index in [1.54, 1.807) is 0 Å². The Morgan fingerprint density at radius 1 is 1.44 bits per heavy atom. The molecule has 2 aliphatic rings. The fourth-order valence-corrected chi connectivity index (χ4v) is 2.40. The topological polar surface area (TPSA) is 41.1 Å². The van der Waals surface area contributed by atoms with Crippen molar-refractivity contribution in [1.29, 1.82) is 0 Å². The van der Waals surface area contributed by atoms with Crippen LogP contribution in [0.3, 0.4) is 0 Å². The van der Waals surface area contributed by atoms with Crippen LogP contribution in [0.1, 0.15) is 46.5 Å². The van der Waals surface area contributed by atoms with Gasteiger partial charge in [-0.3, -0.25) is 4.79 Å². The second-order valence-corrected chi connectivity index (χ2v) is 6.28. The number of rotatable bonds is 3. The van der Waals surface area contributed by atoms with Crippen LogP contribution in [0.4, 0.5) is 0 Å². The van der Waals surface area contributed by atoms with Crippen molar-refractivity contribution in [3.05, 3.63) is 0 Å². The molecule has 2 N–H and O–H groups in total. The molecule has 1 amide bonds. The minimum atomic E-state index is -0.237. The Hall–Kier alpha value is -0.570. The molecule has 3 nitrogen and oxygen atoms in total. The molecule has 0 radical (unpaired) electrons. The Morgan fingerprint density at radius 2 is 2.12 bits per heavy atom. The first-order valence-corrected chi connectivity index (χ1v) is 6.47. The molecule has 0 bridgehead atoms. The van der Waals surface area contributed by atoms with Gasteiger partial charge in [0, 0.05) is 11.0 Å². The summed E-state index contributed by atoms with van der Waals surface area (Å²) in [5, 5.41) is 6.60. The zero-order valence-electron chi connectivity index (χ0n) is 10.7. The Kier molecular flexibility index (Phi) is 2.99. The highest BCUT2D eigenvalue weighted by molar-refractivity contribution is 5.83. The van der Waals surface area contributed by atoms with E-state index in [1.807, 2.05) is 0 Å². The van der Waals surface area contributed by atoms with Crippen molar-refractivity contribution in [2.45, 2.75) is 52.0 Å². The summed E-state index contributed by atoms with van der Waals surface area (Å²) in [6.07, 6.45) is 4.64. The summed E-state index contributed by atoms with van der Waals surface area (Å²) in [4.78, 5) is 12.3. The molecular weight excluding hydrogens is 200 g/mol. The Labute approximate surface area is 98.4 Å². The van der Waals surface area contributed by atoms with Crippen LogP contribution in [-0.4, -0.2) is 24.5 Å². The smallest absolute Gasteiger partial charge is 0.226 e. The minimum absolute atomic E-state index is 0.108. The average molecular weight is 224 g/mol. The molecule has 2 fully saturated rings. The molecule has 3 heteroatoms. The minimum Gasteiger partial charge on any atom is -0.350 e. The zero-order valence-corrected chi connectivity index (χ0v) is 10.7. The fourth-order valence-electron chi connectivity index (χ4n) is 2.40. The summed E-state index contributed by atoms with van der Waals surface area (Å²) in [6, 6.07) is 0. The van der Waals surface area contributed by atoms with Gasteiger partial charge in [-0.15, -0.1) is 0 Å². The third-order valence-corrected chi connectivity index (χ3v) is 4.32. The van der Waals surface area contributed by atoms with Crippen LogP contribution in [0.25, 0.3) is 0 Å². The van der Waals surface area contributed by atoms with Crippen LogP contribution in [-0.2, 0) is 4.79 Å². The molecule has 1 saturated heterocycles. The molecule has 1 saturated carbocycles. The second-order valence-electron chi connectivity index (χ2n) is 6.28. The first-order chi connectivity index (χ1) is 7.44. The lowest BCUT2D eigenvalue weighted by atomic mass is 9.74. The largest absolute Gasteiger partial charge is 0.350 e. The number of piperidine rings is 1. The molecule has 0 aromatic carbocycles. The molecule has 16 heavy (non-hydrogen) atoms. The Bertz CT molecular complexity index is 276. The lowest BCUT2D eigenvalue weighted by molar-refractivity contribution is -0.133. The standard InChI is InChI=1S/C13H24N2O/c1-12(2,10-5-4-8-14-9-10)11(16)15-13(3)6-7-13/h10,14H,4-9H2,1-3H3,(H,15,16). The van der Waals surface area contributed by atoms with E-state index in [-0.39, 0.29) is 16.9 Å². The van der Waals surface area contributed by atoms with Gasteiger partial charge >= 0.3 is 0 Å². The van der Waals surface area contributed by atoms with Crippen LogP contribution in [0.2, 0.25) is 0 Å². The first-order valence-electron chi connectivity index (χ1n) is 6.47. The molecule has 0 aromatic rings. The Morgan fingerprint density at radius 3 is 2.62 bits per heavy atom. The zero-order chi connectivity index (χ0) is 11.8. The third-order valence-electron chi connectivity index (χ3n) is 4.32. The van der Waals surface area contributed by atoms with E-state index in [9.17, 15) is 4.79 Å². The molecule has 0 aromatic heterocycles. The predicted octanol–water partition coefficient (Wildman–Crippen LogP) is 1.68. The molecule has 1 unspecified atom stereocenters. The maximum Gasteiger partial charge on any atom is 0.226 e. The molecule has 1 aliphatic heterocycles. The second kappa shape index (κ2) is 4.02. The van der Waals surface area contributed by atoms with E-state index in [1.165, 1.54) is 12.8 Å². The van der Waals surface area contributed by atoms with Gasteiger partial charge in [0.05, 0.1) is 0 Å². The van der Waals surface area contributed by atoms with Crippen molar-refractivity contribution in [2.24, 2.45) is 11.3 Å². The van der Waals surface area contributed by atoms with Crippen LogP contribution in [0.5, 0.6) is 0 Å². The van der Waals surface area contributed by atoms with Gasteiger partial charge in [-0.05, 0) is 51.6 Å². The summed E-state index contributed by atoms with van der Waals surface area (Å²) >= 11 is 0. The monoisotopic (exact) mass is 224 g/mol. The van der Waals surface area contributed by atoms with Gasteiger partial charge in [0.25, 0.3) is 0 Å². The van der Waals surface area contributed by atoms with Gasteiger partial charge in [0.1, 0.15) is 0 Å². The number of hydrogen-bond acceptors (Lipinski definition) is 2. The van der Waals surface area contributed by atoms with Gasteiger partial charge < -0.3 is 10.6 Å². The molecule has 1 heterocycles. The van der Waals surface area contributed by atoms with Gasteiger partial charge in [-0.25, -0.2) is 0 Å². The normalized spacial score (nSPS) is 28.6. The number of carbonyl (C=O) groups is 1. The van der Waals surface area contributed by atoms with Crippen LogP contribution < -0.4 is 10.6 Å². The number of amides is 1. The van der Waals surface area contributed by atoms with Crippen molar-refractivity contribution >= 4 is 5.91 Å². The van der Waals surface area contributed by atoms with Crippen LogP contribution in [0, 0.1) is 11.3 Å². The highest BCUT2D eigenvalue weighted by Crippen LogP contribution is 2.38. The number of nitrogens with one attached hydrogen (secondary N) is 2. The molecule has 2 rings (SSSR count). The summed E-state index contributed by atoms with van der Waals surface area (Å²) in [6.45, 7) is 8.40. The third kappa shape index (κ3) is 2.40. The van der Waals surface area contributed by atoms with E-state index in [2.05, 4.69) is 31.4 Å². The lowest BCUT2D eigenvalue weighted by Gasteiger charge is -2.36. The lowest BCUT2D eigenvalue weighted by Crippen LogP contribution is -2.50.